The summed E-state index contributed by atoms with van der Waals surface area (Å²) >= 11 is 0. The third kappa shape index (κ3) is 3.29. The lowest BCUT2D eigenvalue weighted by atomic mass is 9.94. The maximum atomic E-state index is 11.4. The van der Waals surface area contributed by atoms with Crippen molar-refractivity contribution in [1.29, 1.82) is 0 Å². The third-order valence-electron chi connectivity index (χ3n) is 3.02. The van der Waals surface area contributed by atoms with Crippen molar-refractivity contribution in [1.82, 2.24) is 4.90 Å². The standard InChI is InChI=1S/C11H22N2O/c1-10(14)13(9-5-8-12)11-6-3-2-4-7-11/h11H,2-9,12H2,1H3. The van der Waals surface area contributed by atoms with Crippen molar-refractivity contribution in [3.8, 4) is 0 Å². The highest BCUT2D eigenvalue weighted by Crippen LogP contribution is 2.22. The lowest BCUT2D eigenvalue weighted by Crippen LogP contribution is -2.41. The first-order chi connectivity index (χ1) is 6.75. The number of carbonyl (C=O) groups is 1. The van der Waals surface area contributed by atoms with Gasteiger partial charge < -0.3 is 10.6 Å². The van der Waals surface area contributed by atoms with Gasteiger partial charge in [0.25, 0.3) is 0 Å². The third-order valence-corrected chi connectivity index (χ3v) is 3.02. The molecule has 1 aliphatic rings. The minimum atomic E-state index is 0.213. The number of carbonyl (C=O) groups excluding carboxylic acids is 1. The van der Waals surface area contributed by atoms with Gasteiger partial charge in [0.15, 0.2) is 0 Å². The predicted octanol–water partition coefficient (Wildman–Crippen LogP) is 1.52. The van der Waals surface area contributed by atoms with Crippen molar-refractivity contribution >= 4 is 5.91 Å². The van der Waals surface area contributed by atoms with Crippen molar-refractivity contribution in [2.75, 3.05) is 13.1 Å². The summed E-state index contributed by atoms with van der Waals surface area (Å²) in [7, 11) is 0. The van der Waals surface area contributed by atoms with Crippen LogP contribution in [0, 0.1) is 0 Å². The van der Waals surface area contributed by atoms with Crippen molar-refractivity contribution in [3.63, 3.8) is 0 Å². The minimum Gasteiger partial charge on any atom is -0.340 e. The molecule has 3 nitrogen and oxygen atoms in total. The maximum Gasteiger partial charge on any atom is 0.219 e. The van der Waals surface area contributed by atoms with E-state index < -0.39 is 0 Å². The molecule has 0 atom stereocenters. The zero-order valence-corrected chi connectivity index (χ0v) is 9.17. The van der Waals surface area contributed by atoms with E-state index in [1.165, 1.54) is 32.1 Å². The van der Waals surface area contributed by atoms with Crippen molar-refractivity contribution in [2.24, 2.45) is 5.73 Å². The molecule has 0 heterocycles. The molecule has 1 fully saturated rings. The van der Waals surface area contributed by atoms with Gasteiger partial charge in [-0.3, -0.25) is 4.79 Å². The van der Waals surface area contributed by atoms with Crippen LogP contribution in [0.1, 0.15) is 45.4 Å². The van der Waals surface area contributed by atoms with Crippen molar-refractivity contribution in [3.05, 3.63) is 0 Å². The van der Waals surface area contributed by atoms with Crippen LogP contribution in [0.4, 0.5) is 0 Å². The summed E-state index contributed by atoms with van der Waals surface area (Å²) in [6, 6.07) is 0.493. The minimum absolute atomic E-state index is 0.213. The van der Waals surface area contributed by atoms with E-state index in [9.17, 15) is 4.79 Å². The summed E-state index contributed by atoms with van der Waals surface area (Å²) in [5.41, 5.74) is 5.47. The van der Waals surface area contributed by atoms with Crippen LogP contribution < -0.4 is 5.73 Å². The zero-order valence-electron chi connectivity index (χ0n) is 9.17. The quantitative estimate of drug-likeness (QED) is 0.744. The summed E-state index contributed by atoms with van der Waals surface area (Å²) in [5, 5.41) is 0. The van der Waals surface area contributed by atoms with Gasteiger partial charge in [-0.05, 0) is 25.8 Å². The van der Waals surface area contributed by atoms with Gasteiger partial charge in [0.05, 0.1) is 0 Å². The molecule has 1 aliphatic carbocycles. The van der Waals surface area contributed by atoms with Crippen LogP contribution in [0.5, 0.6) is 0 Å². The van der Waals surface area contributed by atoms with E-state index >= 15 is 0 Å². The molecular formula is C11H22N2O. The Morgan fingerprint density at radius 3 is 2.50 bits per heavy atom. The van der Waals surface area contributed by atoms with Crippen molar-refractivity contribution < 1.29 is 4.79 Å². The molecule has 1 saturated carbocycles. The SMILES string of the molecule is CC(=O)N(CCCN)C1CCCCC1. The number of rotatable bonds is 4. The van der Waals surface area contributed by atoms with Gasteiger partial charge in [0.1, 0.15) is 0 Å². The van der Waals surface area contributed by atoms with Crippen LogP contribution in [0.3, 0.4) is 0 Å². The van der Waals surface area contributed by atoms with Crippen LogP contribution in [-0.4, -0.2) is 29.9 Å². The predicted molar refractivity (Wildman–Crippen MR) is 57.9 cm³/mol. The number of nitrogens with two attached hydrogens (primary N) is 1. The van der Waals surface area contributed by atoms with Gasteiger partial charge in [-0.1, -0.05) is 19.3 Å². The summed E-state index contributed by atoms with van der Waals surface area (Å²) in [5.74, 6) is 0.213. The molecule has 0 aromatic heterocycles. The molecule has 2 N–H and O–H groups in total. The highest BCUT2D eigenvalue weighted by molar-refractivity contribution is 5.73. The van der Waals surface area contributed by atoms with Gasteiger partial charge in [0.2, 0.25) is 5.91 Å². The van der Waals surface area contributed by atoms with Crippen LogP contribution in [0.25, 0.3) is 0 Å². The lowest BCUT2D eigenvalue weighted by molar-refractivity contribution is -0.131. The van der Waals surface area contributed by atoms with Crippen molar-refractivity contribution in [2.45, 2.75) is 51.5 Å². The fourth-order valence-electron chi connectivity index (χ4n) is 2.25. The first-order valence-corrected chi connectivity index (χ1v) is 5.73. The molecule has 0 aliphatic heterocycles. The van der Waals surface area contributed by atoms with E-state index in [0.717, 1.165) is 13.0 Å². The Kier molecular flexibility index (Phi) is 4.94. The second-order valence-corrected chi connectivity index (χ2v) is 4.15. The second-order valence-electron chi connectivity index (χ2n) is 4.15. The molecule has 82 valence electrons. The largest absolute Gasteiger partial charge is 0.340 e. The van der Waals surface area contributed by atoms with E-state index in [1.54, 1.807) is 6.92 Å². The number of amides is 1. The first kappa shape index (κ1) is 11.5. The molecule has 0 aromatic carbocycles. The second kappa shape index (κ2) is 6.02. The Balaban J connectivity index is 2.43. The Bertz CT molecular complexity index is 176. The van der Waals surface area contributed by atoms with E-state index in [2.05, 4.69) is 0 Å². The molecule has 0 saturated heterocycles. The zero-order chi connectivity index (χ0) is 10.4. The summed E-state index contributed by atoms with van der Waals surface area (Å²) in [6.07, 6.45) is 7.18. The monoisotopic (exact) mass is 198 g/mol. The first-order valence-electron chi connectivity index (χ1n) is 5.73. The maximum absolute atomic E-state index is 11.4. The van der Waals surface area contributed by atoms with E-state index in [-0.39, 0.29) is 5.91 Å². The summed E-state index contributed by atoms with van der Waals surface area (Å²) < 4.78 is 0. The average Bonchev–Trinajstić information content (AvgIpc) is 2.19. The molecule has 0 aromatic rings. The average molecular weight is 198 g/mol. The fourth-order valence-corrected chi connectivity index (χ4v) is 2.25. The number of nitrogens with zero attached hydrogens (tertiary/aromatic N) is 1. The molecule has 1 amide bonds. The molecule has 14 heavy (non-hydrogen) atoms. The van der Waals surface area contributed by atoms with Gasteiger partial charge in [-0.2, -0.15) is 0 Å². The lowest BCUT2D eigenvalue weighted by Gasteiger charge is -2.33. The van der Waals surface area contributed by atoms with E-state index in [0.29, 0.717) is 12.6 Å². The van der Waals surface area contributed by atoms with Crippen LogP contribution in [-0.2, 0) is 4.79 Å². The summed E-state index contributed by atoms with van der Waals surface area (Å²) in [4.78, 5) is 13.5. The molecular weight excluding hydrogens is 176 g/mol. The Morgan fingerprint density at radius 1 is 1.36 bits per heavy atom. The Morgan fingerprint density at radius 2 is 2.00 bits per heavy atom. The van der Waals surface area contributed by atoms with E-state index in [1.807, 2.05) is 4.90 Å². The molecule has 0 spiro atoms. The van der Waals surface area contributed by atoms with Gasteiger partial charge in [-0.15, -0.1) is 0 Å². The summed E-state index contributed by atoms with van der Waals surface area (Å²) in [6.45, 7) is 3.19. The highest BCUT2D eigenvalue weighted by Gasteiger charge is 2.22. The van der Waals surface area contributed by atoms with Crippen LogP contribution in [0.15, 0.2) is 0 Å². The normalized spacial score (nSPS) is 18.1. The van der Waals surface area contributed by atoms with Gasteiger partial charge in [-0.25, -0.2) is 0 Å². The molecule has 3 heteroatoms. The molecule has 0 radical (unpaired) electrons. The fraction of sp³-hybridized carbons (Fsp3) is 0.909. The molecule has 0 bridgehead atoms. The molecule has 0 unspecified atom stereocenters. The number of hydrogen-bond donors (Lipinski definition) is 1. The van der Waals surface area contributed by atoms with E-state index in [4.69, 9.17) is 5.73 Å². The highest BCUT2D eigenvalue weighted by atomic mass is 16.2. The number of hydrogen-bond acceptors (Lipinski definition) is 2. The molecule has 1 rings (SSSR count). The van der Waals surface area contributed by atoms with Crippen LogP contribution >= 0.6 is 0 Å². The smallest absolute Gasteiger partial charge is 0.219 e. The Labute approximate surface area is 86.6 Å². The Hall–Kier alpha value is -0.570. The topological polar surface area (TPSA) is 46.3 Å². The van der Waals surface area contributed by atoms with Crippen LogP contribution in [0.2, 0.25) is 0 Å². The van der Waals surface area contributed by atoms with Gasteiger partial charge in [0, 0.05) is 19.5 Å². The van der Waals surface area contributed by atoms with Gasteiger partial charge >= 0.3 is 0 Å².